The molecule has 0 bridgehead atoms. The van der Waals surface area contributed by atoms with Crippen LogP contribution >= 0.6 is 0 Å². The number of aryl methyl sites for hydroxylation is 2. The Labute approximate surface area is 279 Å². The van der Waals surface area contributed by atoms with Gasteiger partial charge in [-0.3, -0.25) is 4.90 Å². The largest absolute Gasteiger partial charge is 0.446 e. The molecule has 1 aliphatic rings. The summed E-state index contributed by atoms with van der Waals surface area (Å²) in [4.78, 5) is 22.6. The van der Waals surface area contributed by atoms with E-state index in [1.807, 2.05) is 44.2 Å². The zero-order valence-corrected chi connectivity index (χ0v) is 27.5. The van der Waals surface area contributed by atoms with Crippen LogP contribution in [0.5, 0.6) is 0 Å². The molecule has 1 aliphatic heterocycles. The lowest BCUT2D eigenvalue weighted by Crippen LogP contribution is -2.49. The predicted octanol–water partition coefficient (Wildman–Crippen LogP) is 7.84. The van der Waals surface area contributed by atoms with Gasteiger partial charge in [0.1, 0.15) is 5.82 Å². The van der Waals surface area contributed by atoms with Gasteiger partial charge < -0.3 is 15.0 Å². The third-order valence-electron chi connectivity index (χ3n) is 8.10. The van der Waals surface area contributed by atoms with Crippen molar-refractivity contribution in [1.29, 1.82) is 0 Å². The van der Waals surface area contributed by atoms with Crippen molar-refractivity contribution in [2.45, 2.75) is 84.2 Å². The number of tetrazole rings is 1. The number of nitrogens with zero attached hydrogens (tertiary/aromatic N) is 7. The van der Waals surface area contributed by atoms with Crippen molar-refractivity contribution < 1.29 is 35.9 Å². The van der Waals surface area contributed by atoms with E-state index < -0.39 is 54.3 Å². The maximum absolute atomic E-state index is 13.8. The van der Waals surface area contributed by atoms with E-state index in [1.54, 1.807) is 19.9 Å². The molecule has 2 atom stereocenters. The molecule has 49 heavy (non-hydrogen) atoms. The summed E-state index contributed by atoms with van der Waals surface area (Å²) in [5.41, 5.74) is -0.758. The summed E-state index contributed by atoms with van der Waals surface area (Å²) in [6.07, 6.45) is -10.5. The normalized spacial score (nSPS) is 16.4. The van der Waals surface area contributed by atoms with Crippen molar-refractivity contribution in [2.75, 3.05) is 15.1 Å². The SMILES string of the molecule is CC[C@@H]1C[C@@H](N(Cc2cc(C(F)(F)F)cc(C(F)(F)F)c2)c2nnn(C)n2)c2nc(NCc3ccccc3)c(C)cc2N1C(=O)OC(C)C. The van der Waals surface area contributed by atoms with Crippen LogP contribution in [-0.4, -0.2) is 43.4 Å². The quantitative estimate of drug-likeness (QED) is 0.177. The molecule has 262 valence electrons. The summed E-state index contributed by atoms with van der Waals surface area (Å²) < 4.78 is 88.7. The summed E-state index contributed by atoms with van der Waals surface area (Å²) in [6.45, 7) is 7.08. The number of nitrogens with one attached hydrogen (secondary N) is 1. The van der Waals surface area contributed by atoms with Gasteiger partial charge >= 0.3 is 18.4 Å². The number of rotatable bonds is 9. The van der Waals surface area contributed by atoms with Gasteiger partial charge in [0.2, 0.25) is 0 Å². The van der Waals surface area contributed by atoms with Crippen LogP contribution < -0.4 is 15.1 Å². The first-order chi connectivity index (χ1) is 23.0. The van der Waals surface area contributed by atoms with E-state index in [-0.39, 0.29) is 24.0 Å². The number of pyridine rings is 1. The van der Waals surface area contributed by atoms with Gasteiger partial charge in [0.15, 0.2) is 0 Å². The summed E-state index contributed by atoms with van der Waals surface area (Å²) in [7, 11) is 1.49. The zero-order valence-electron chi connectivity index (χ0n) is 27.5. The predicted molar refractivity (Wildman–Crippen MR) is 170 cm³/mol. The van der Waals surface area contributed by atoms with Crippen molar-refractivity contribution in [3.63, 3.8) is 0 Å². The summed E-state index contributed by atoms with van der Waals surface area (Å²) in [5, 5.41) is 15.6. The topological polar surface area (TPSA) is 101 Å². The van der Waals surface area contributed by atoms with Crippen molar-refractivity contribution in [3.05, 3.63) is 88.1 Å². The number of hydrogen-bond acceptors (Lipinski definition) is 8. The highest BCUT2D eigenvalue weighted by atomic mass is 19.4. The van der Waals surface area contributed by atoms with Crippen LogP contribution in [0, 0.1) is 6.92 Å². The Bertz CT molecular complexity index is 1740. The molecule has 0 saturated heterocycles. The van der Waals surface area contributed by atoms with Crippen LogP contribution in [0.2, 0.25) is 0 Å². The van der Waals surface area contributed by atoms with E-state index in [1.165, 1.54) is 16.8 Å². The Morgan fingerprint density at radius 3 is 2.22 bits per heavy atom. The van der Waals surface area contributed by atoms with E-state index >= 15 is 0 Å². The van der Waals surface area contributed by atoms with Crippen LogP contribution in [0.25, 0.3) is 0 Å². The second kappa shape index (κ2) is 13.9. The average molecular weight is 691 g/mol. The van der Waals surface area contributed by atoms with Gasteiger partial charge in [-0.05, 0) is 79.8 Å². The van der Waals surface area contributed by atoms with Crippen LogP contribution in [0.4, 0.5) is 48.6 Å². The summed E-state index contributed by atoms with van der Waals surface area (Å²) in [5.74, 6) is 0.434. The summed E-state index contributed by atoms with van der Waals surface area (Å²) >= 11 is 0. The monoisotopic (exact) mass is 690 g/mol. The van der Waals surface area contributed by atoms with Gasteiger partial charge in [0.25, 0.3) is 5.95 Å². The standard InChI is InChI=1S/C33H36F6N8O2/c1-6-25-16-26(46(30-42-44-45(5)43-30)18-22-13-23(32(34,35)36)15-24(14-22)33(37,38)39)28-27(47(25)31(48)49-19(2)3)12-20(4)29(41-28)40-17-21-10-8-7-9-11-21/h7-15,19,25-26H,6,16-18H2,1-5H3,(H,40,41)/t25-,26-/m1/s1. The lowest BCUT2D eigenvalue weighted by atomic mass is 9.91. The zero-order chi connectivity index (χ0) is 35.7. The number of halogens is 6. The fraction of sp³-hybridized carbons (Fsp3) is 0.424. The highest BCUT2D eigenvalue weighted by molar-refractivity contribution is 5.90. The molecule has 0 saturated carbocycles. The molecule has 10 nitrogen and oxygen atoms in total. The number of alkyl halides is 6. The van der Waals surface area contributed by atoms with Gasteiger partial charge in [-0.2, -0.15) is 31.1 Å². The third kappa shape index (κ3) is 8.05. The first kappa shape index (κ1) is 35.4. The fourth-order valence-corrected chi connectivity index (χ4v) is 5.83. The maximum atomic E-state index is 13.8. The Hall–Kier alpha value is -4.89. The van der Waals surface area contributed by atoms with E-state index in [0.717, 1.165) is 10.4 Å². The van der Waals surface area contributed by atoms with E-state index in [9.17, 15) is 31.1 Å². The molecule has 1 N–H and O–H groups in total. The first-order valence-electron chi connectivity index (χ1n) is 15.6. The van der Waals surface area contributed by atoms with Gasteiger partial charge in [-0.1, -0.05) is 42.4 Å². The van der Waals surface area contributed by atoms with E-state index in [0.29, 0.717) is 47.9 Å². The van der Waals surface area contributed by atoms with Crippen molar-refractivity contribution >= 4 is 23.5 Å². The Kier molecular flexibility index (Phi) is 10.1. The van der Waals surface area contributed by atoms with Crippen LogP contribution in [0.3, 0.4) is 0 Å². The number of anilines is 3. The number of aromatic nitrogens is 5. The number of carbonyl (C=O) groups is 1. The molecule has 0 unspecified atom stereocenters. The van der Waals surface area contributed by atoms with Gasteiger partial charge in [-0.15, -0.1) is 5.10 Å². The molecule has 2 aromatic carbocycles. The lowest BCUT2D eigenvalue weighted by Gasteiger charge is -2.43. The number of fused-ring (bicyclic) bond motifs is 1. The Balaban J connectivity index is 1.67. The maximum Gasteiger partial charge on any atom is 0.416 e. The Morgan fingerprint density at radius 2 is 1.67 bits per heavy atom. The van der Waals surface area contributed by atoms with Crippen LogP contribution in [0.1, 0.15) is 73.2 Å². The molecular weight excluding hydrogens is 654 g/mol. The van der Waals surface area contributed by atoms with Crippen molar-refractivity contribution in [3.8, 4) is 0 Å². The van der Waals surface area contributed by atoms with Gasteiger partial charge in [0.05, 0.1) is 41.7 Å². The molecule has 0 fully saturated rings. The minimum Gasteiger partial charge on any atom is -0.446 e. The van der Waals surface area contributed by atoms with Gasteiger partial charge in [-0.25, -0.2) is 9.78 Å². The molecule has 0 radical (unpaired) electrons. The molecule has 16 heteroatoms. The minimum atomic E-state index is -5.04. The van der Waals surface area contributed by atoms with Crippen molar-refractivity contribution in [2.24, 2.45) is 7.05 Å². The molecular formula is C33H36F6N8O2. The molecule has 1 amide bonds. The molecule has 5 rings (SSSR count). The minimum absolute atomic E-state index is 0.0429. The number of carbonyl (C=O) groups excluding carboxylic acids is 1. The second-order valence-corrected chi connectivity index (χ2v) is 12.1. The number of ether oxygens (including phenoxy) is 1. The highest BCUT2D eigenvalue weighted by Gasteiger charge is 2.42. The van der Waals surface area contributed by atoms with Gasteiger partial charge in [0, 0.05) is 19.1 Å². The number of benzene rings is 2. The summed E-state index contributed by atoms with van der Waals surface area (Å²) in [6, 6.07) is 11.5. The average Bonchev–Trinajstić information content (AvgIpc) is 3.46. The molecule has 4 aromatic rings. The van der Waals surface area contributed by atoms with E-state index in [2.05, 4.69) is 20.7 Å². The van der Waals surface area contributed by atoms with Crippen LogP contribution in [-0.2, 0) is 37.2 Å². The molecule has 0 spiro atoms. The smallest absolute Gasteiger partial charge is 0.416 e. The third-order valence-corrected chi connectivity index (χ3v) is 8.10. The first-order valence-corrected chi connectivity index (χ1v) is 15.6. The molecule has 3 heterocycles. The number of amides is 1. The fourth-order valence-electron chi connectivity index (χ4n) is 5.83. The van der Waals surface area contributed by atoms with Crippen molar-refractivity contribution in [1.82, 2.24) is 25.2 Å². The number of hydrogen-bond donors (Lipinski definition) is 1. The molecule has 0 aliphatic carbocycles. The van der Waals surface area contributed by atoms with Crippen LogP contribution in [0.15, 0.2) is 54.6 Å². The lowest BCUT2D eigenvalue weighted by molar-refractivity contribution is -0.143. The highest BCUT2D eigenvalue weighted by Crippen LogP contribution is 2.44. The van der Waals surface area contributed by atoms with E-state index in [4.69, 9.17) is 9.72 Å². The second-order valence-electron chi connectivity index (χ2n) is 12.1. The molecule has 2 aromatic heterocycles. The Morgan fingerprint density at radius 1 is 1.02 bits per heavy atom.